The summed E-state index contributed by atoms with van der Waals surface area (Å²) in [7, 11) is 0. The van der Waals surface area contributed by atoms with Gasteiger partial charge >= 0.3 is 0 Å². The van der Waals surface area contributed by atoms with Crippen molar-refractivity contribution < 1.29 is 14.9 Å². The molecule has 0 bridgehead atoms. The first-order valence-corrected chi connectivity index (χ1v) is 13.8. The maximum Gasteiger partial charge on any atom is 0.167 e. The maximum atomic E-state index is 10.9. The van der Waals surface area contributed by atoms with Gasteiger partial charge in [0.25, 0.3) is 0 Å². The molecular weight excluding hydrogens is 522 g/mol. The highest BCUT2D eigenvalue weighted by molar-refractivity contribution is 5.73. The van der Waals surface area contributed by atoms with Gasteiger partial charge in [0.2, 0.25) is 0 Å². The molecule has 2 N–H and O–H groups in total. The molecule has 1 atom stereocenters. The van der Waals surface area contributed by atoms with Crippen molar-refractivity contribution in [2.24, 2.45) is 0 Å². The molecule has 0 fully saturated rings. The highest BCUT2D eigenvalue weighted by Gasteiger charge is 2.16. The second-order valence-electron chi connectivity index (χ2n) is 9.98. The fourth-order valence-corrected chi connectivity index (χ4v) is 4.68. The summed E-state index contributed by atoms with van der Waals surface area (Å²) in [6, 6.07) is 41.5. The average Bonchev–Trinajstić information content (AvgIpc) is 3.05. The number of benzene rings is 5. The van der Waals surface area contributed by atoms with Gasteiger partial charge in [-0.25, -0.2) is 15.0 Å². The van der Waals surface area contributed by atoms with Gasteiger partial charge in [-0.05, 0) is 41.3 Å². The first-order valence-electron chi connectivity index (χ1n) is 13.8. The number of hydrogen-bond acceptors (Lipinski definition) is 6. The largest absolute Gasteiger partial charge is 0.507 e. The van der Waals surface area contributed by atoms with Crippen LogP contribution in [0.3, 0.4) is 0 Å². The number of nitrogens with zero attached hydrogens (tertiary/aromatic N) is 3. The van der Waals surface area contributed by atoms with E-state index in [2.05, 4.69) is 24.3 Å². The zero-order valence-electron chi connectivity index (χ0n) is 23.1. The first-order chi connectivity index (χ1) is 20.6. The van der Waals surface area contributed by atoms with Crippen LogP contribution in [0.1, 0.15) is 6.92 Å². The number of phenols is 1. The molecule has 0 aliphatic heterocycles. The average molecular weight is 552 g/mol. The van der Waals surface area contributed by atoms with Crippen LogP contribution in [-0.4, -0.2) is 37.9 Å². The molecule has 6 heteroatoms. The molecule has 0 spiro atoms. The minimum atomic E-state index is -0.400. The number of aromatic hydroxyl groups is 1. The van der Waals surface area contributed by atoms with E-state index in [9.17, 15) is 10.2 Å². The molecule has 0 amide bonds. The summed E-state index contributed by atoms with van der Waals surface area (Å²) in [5, 5.41) is 20.3. The van der Waals surface area contributed by atoms with E-state index in [-0.39, 0.29) is 12.4 Å². The van der Waals surface area contributed by atoms with Crippen LogP contribution in [0, 0.1) is 0 Å². The molecule has 5 aromatic carbocycles. The van der Waals surface area contributed by atoms with Crippen LogP contribution in [0.5, 0.6) is 11.5 Å². The van der Waals surface area contributed by atoms with Gasteiger partial charge in [-0.1, -0.05) is 109 Å². The highest BCUT2D eigenvalue weighted by Crippen LogP contribution is 2.34. The summed E-state index contributed by atoms with van der Waals surface area (Å²) in [6.07, 6.45) is -0.400. The van der Waals surface area contributed by atoms with Gasteiger partial charge in [0, 0.05) is 17.2 Å². The van der Waals surface area contributed by atoms with Gasteiger partial charge < -0.3 is 14.9 Å². The van der Waals surface area contributed by atoms with Crippen molar-refractivity contribution in [3.8, 4) is 67.9 Å². The quantitative estimate of drug-likeness (QED) is 0.202. The third-order valence-corrected chi connectivity index (χ3v) is 6.94. The van der Waals surface area contributed by atoms with Crippen molar-refractivity contribution in [2.75, 3.05) is 6.61 Å². The molecule has 0 saturated carbocycles. The predicted molar refractivity (Wildman–Crippen MR) is 166 cm³/mol. The standard InChI is InChI=1S/C36H29N3O3/c1-24(23-40)42-31-20-21-32(33(41)22-31)36-38-34(29-16-12-27(13-17-29)25-8-4-2-5-9-25)37-35(39-36)30-18-14-28(15-19-30)26-10-6-3-7-11-26/h2-22,24,40-41H,23H2,1H3. The Hall–Kier alpha value is -5.33. The SMILES string of the molecule is CC(CO)Oc1ccc(-c2nc(-c3ccc(-c4ccccc4)cc3)nc(-c3ccc(-c4ccccc4)cc3)n2)c(O)c1. The third-order valence-electron chi connectivity index (χ3n) is 6.94. The molecule has 1 heterocycles. The van der Waals surface area contributed by atoms with Crippen LogP contribution >= 0.6 is 0 Å². The third kappa shape index (κ3) is 5.89. The van der Waals surface area contributed by atoms with Crippen molar-refractivity contribution in [1.29, 1.82) is 0 Å². The molecule has 6 aromatic rings. The number of phenolic OH excluding ortho intramolecular Hbond substituents is 1. The molecular formula is C36H29N3O3. The van der Waals surface area contributed by atoms with E-state index in [1.54, 1.807) is 19.1 Å². The first kappa shape index (κ1) is 26.9. The summed E-state index contributed by atoms with van der Waals surface area (Å²) in [6.45, 7) is 1.62. The molecule has 42 heavy (non-hydrogen) atoms. The molecule has 0 aliphatic carbocycles. The summed E-state index contributed by atoms with van der Waals surface area (Å²) in [4.78, 5) is 14.4. The lowest BCUT2D eigenvalue weighted by molar-refractivity contribution is 0.129. The van der Waals surface area contributed by atoms with Gasteiger partial charge in [-0.2, -0.15) is 0 Å². The number of aromatic nitrogens is 3. The Morgan fingerprint density at radius 3 is 1.43 bits per heavy atom. The van der Waals surface area contributed by atoms with E-state index in [4.69, 9.17) is 19.7 Å². The van der Waals surface area contributed by atoms with Crippen LogP contribution in [0.4, 0.5) is 0 Å². The summed E-state index contributed by atoms with van der Waals surface area (Å²) in [5.74, 6) is 1.75. The van der Waals surface area contributed by atoms with Crippen LogP contribution < -0.4 is 4.74 Å². The minimum Gasteiger partial charge on any atom is -0.507 e. The van der Waals surface area contributed by atoms with Crippen molar-refractivity contribution in [3.63, 3.8) is 0 Å². The molecule has 1 unspecified atom stereocenters. The lowest BCUT2D eigenvalue weighted by atomic mass is 10.0. The topological polar surface area (TPSA) is 88.4 Å². The lowest BCUT2D eigenvalue weighted by Crippen LogP contribution is -2.16. The molecule has 6 rings (SSSR count). The fourth-order valence-electron chi connectivity index (χ4n) is 4.68. The van der Waals surface area contributed by atoms with E-state index in [0.717, 1.165) is 33.4 Å². The second kappa shape index (κ2) is 12.0. The van der Waals surface area contributed by atoms with Crippen molar-refractivity contribution in [3.05, 3.63) is 127 Å². The Morgan fingerprint density at radius 2 is 0.976 bits per heavy atom. The Balaban J connectivity index is 1.41. The maximum absolute atomic E-state index is 10.9. The normalized spacial score (nSPS) is 11.7. The van der Waals surface area contributed by atoms with Crippen molar-refractivity contribution in [1.82, 2.24) is 15.0 Å². The molecule has 6 nitrogen and oxygen atoms in total. The number of hydrogen-bond donors (Lipinski definition) is 2. The van der Waals surface area contributed by atoms with Gasteiger partial charge in [0.05, 0.1) is 12.2 Å². The summed E-state index contributed by atoms with van der Waals surface area (Å²) < 4.78 is 5.65. The Morgan fingerprint density at radius 1 is 0.548 bits per heavy atom. The molecule has 206 valence electrons. The molecule has 1 aromatic heterocycles. The van der Waals surface area contributed by atoms with E-state index in [0.29, 0.717) is 28.8 Å². The van der Waals surface area contributed by atoms with E-state index in [1.807, 2.05) is 84.9 Å². The molecule has 0 aliphatic rings. The molecule has 0 radical (unpaired) electrons. The van der Waals surface area contributed by atoms with Crippen LogP contribution in [0.2, 0.25) is 0 Å². The Bertz CT molecular complexity index is 1690. The number of ether oxygens (including phenoxy) is 1. The minimum absolute atomic E-state index is 0.0282. The van der Waals surface area contributed by atoms with Gasteiger partial charge in [-0.3, -0.25) is 0 Å². The number of rotatable bonds is 8. The van der Waals surface area contributed by atoms with Gasteiger partial charge in [0.1, 0.15) is 17.6 Å². The van der Waals surface area contributed by atoms with Gasteiger partial charge in [0.15, 0.2) is 17.5 Å². The Kier molecular flexibility index (Phi) is 7.70. The van der Waals surface area contributed by atoms with Crippen LogP contribution in [-0.2, 0) is 0 Å². The van der Waals surface area contributed by atoms with Crippen molar-refractivity contribution >= 4 is 0 Å². The molecule has 0 saturated heterocycles. The summed E-state index contributed by atoms with van der Waals surface area (Å²) >= 11 is 0. The van der Waals surface area contributed by atoms with Crippen LogP contribution in [0.15, 0.2) is 127 Å². The summed E-state index contributed by atoms with van der Waals surface area (Å²) in [5.41, 5.74) is 6.55. The van der Waals surface area contributed by atoms with E-state index in [1.165, 1.54) is 6.07 Å². The zero-order valence-corrected chi connectivity index (χ0v) is 23.1. The van der Waals surface area contributed by atoms with Gasteiger partial charge in [-0.15, -0.1) is 0 Å². The second-order valence-corrected chi connectivity index (χ2v) is 9.98. The Labute approximate surface area is 244 Å². The number of aliphatic hydroxyl groups excluding tert-OH is 1. The van der Waals surface area contributed by atoms with Crippen LogP contribution in [0.25, 0.3) is 56.4 Å². The fraction of sp³-hybridized carbons (Fsp3) is 0.0833. The van der Waals surface area contributed by atoms with E-state index < -0.39 is 6.10 Å². The predicted octanol–water partition coefficient (Wildman–Crippen LogP) is 7.67. The number of aliphatic hydroxyl groups is 1. The van der Waals surface area contributed by atoms with E-state index >= 15 is 0 Å². The zero-order chi connectivity index (χ0) is 28.9. The monoisotopic (exact) mass is 551 g/mol. The van der Waals surface area contributed by atoms with Crippen molar-refractivity contribution in [2.45, 2.75) is 13.0 Å². The smallest absolute Gasteiger partial charge is 0.167 e. The highest BCUT2D eigenvalue weighted by atomic mass is 16.5. The lowest BCUT2D eigenvalue weighted by Gasteiger charge is -2.14.